The first-order chi connectivity index (χ1) is 21.1. The van der Waals surface area contributed by atoms with Crippen LogP contribution in [0.25, 0.3) is 0 Å². The van der Waals surface area contributed by atoms with Gasteiger partial charge in [-0.2, -0.15) is 8.42 Å². The smallest absolute Gasteiger partial charge is 0.297 e. The van der Waals surface area contributed by atoms with Crippen LogP contribution in [0.5, 0.6) is 0 Å². The second kappa shape index (κ2) is 12.1. The molecule has 0 unspecified atom stereocenters. The first-order valence-corrected chi connectivity index (χ1v) is 15.5. The first-order valence-electron chi connectivity index (χ1n) is 14.1. The van der Waals surface area contributed by atoms with Gasteiger partial charge in [-0.05, 0) is 50.2 Å². The Morgan fingerprint density at radius 1 is 0.864 bits per heavy atom. The Morgan fingerprint density at radius 3 is 2.20 bits per heavy atom. The van der Waals surface area contributed by atoms with Gasteiger partial charge < -0.3 is 20.0 Å². The number of anilines is 4. The molecule has 6 rings (SSSR count). The largest absolute Gasteiger partial charge is 0.351 e. The zero-order valence-electron chi connectivity index (χ0n) is 24.2. The number of benzene rings is 1. The van der Waals surface area contributed by atoms with Crippen LogP contribution in [0.4, 0.5) is 27.7 Å². The summed E-state index contributed by atoms with van der Waals surface area (Å²) < 4.78 is 43.6. The zero-order valence-corrected chi connectivity index (χ0v) is 25.0. The van der Waals surface area contributed by atoms with Gasteiger partial charge in [0.1, 0.15) is 23.6 Å². The van der Waals surface area contributed by atoms with Crippen LogP contribution in [0.3, 0.4) is 0 Å². The average Bonchev–Trinajstić information content (AvgIpc) is 3.00. The van der Waals surface area contributed by atoms with Crippen LogP contribution in [0.2, 0.25) is 0 Å². The topological polar surface area (TPSA) is 134 Å². The van der Waals surface area contributed by atoms with Gasteiger partial charge in [0.25, 0.3) is 16.0 Å². The minimum absolute atomic E-state index is 0.113. The molecule has 0 saturated carbocycles. The van der Waals surface area contributed by atoms with Crippen LogP contribution in [-0.4, -0.2) is 79.1 Å². The number of rotatable bonds is 8. The molecule has 2 fully saturated rings. The Morgan fingerprint density at radius 2 is 1.57 bits per heavy atom. The molecule has 1 atom stereocenters. The van der Waals surface area contributed by atoms with Crippen molar-refractivity contribution in [2.24, 2.45) is 0 Å². The normalized spacial score (nSPS) is 17.3. The zero-order chi connectivity index (χ0) is 30.8. The summed E-state index contributed by atoms with van der Waals surface area (Å²) in [5, 5.41) is 2.79. The van der Waals surface area contributed by atoms with Crippen molar-refractivity contribution in [3.8, 4) is 0 Å². The lowest BCUT2D eigenvalue weighted by atomic mass is 10.1. The third kappa shape index (κ3) is 6.45. The number of carbonyl (C=O) groups excluding carboxylic acids is 1. The fourth-order valence-corrected chi connectivity index (χ4v) is 6.16. The molecule has 0 spiro atoms. The van der Waals surface area contributed by atoms with Gasteiger partial charge in [0.15, 0.2) is 0 Å². The third-order valence-electron chi connectivity index (χ3n) is 7.57. The number of pyridine rings is 2. The molecular formula is C30H31FN8O4S. The van der Waals surface area contributed by atoms with Crippen LogP contribution < -0.4 is 20.0 Å². The molecule has 228 valence electrons. The molecule has 1 aromatic carbocycles. The van der Waals surface area contributed by atoms with Crippen LogP contribution in [0.15, 0.2) is 78.2 Å². The number of aromatic nitrogens is 4. The van der Waals surface area contributed by atoms with E-state index < -0.39 is 16.2 Å². The monoisotopic (exact) mass is 618 g/mol. The van der Waals surface area contributed by atoms with Gasteiger partial charge in [0, 0.05) is 45.0 Å². The molecule has 1 N–H and O–H groups in total. The summed E-state index contributed by atoms with van der Waals surface area (Å²) in [5.41, 5.74) is 1.77. The van der Waals surface area contributed by atoms with Crippen molar-refractivity contribution in [1.82, 2.24) is 19.9 Å². The summed E-state index contributed by atoms with van der Waals surface area (Å²) in [6.07, 6.45) is 5.33. The Kier molecular flexibility index (Phi) is 8.10. The quantitative estimate of drug-likeness (QED) is 0.292. The summed E-state index contributed by atoms with van der Waals surface area (Å²) in [6, 6.07) is 13.1. The summed E-state index contributed by atoms with van der Waals surface area (Å²) in [4.78, 5) is 36.4. The maximum atomic E-state index is 13.3. The van der Waals surface area contributed by atoms with E-state index in [9.17, 15) is 17.6 Å². The van der Waals surface area contributed by atoms with E-state index in [-0.39, 0.29) is 22.7 Å². The molecule has 12 nitrogen and oxygen atoms in total. The van der Waals surface area contributed by atoms with Crippen LogP contribution in [-0.2, 0) is 14.3 Å². The van der Waals surface area contributed by atoms with E-state index >= 15 is 0 Å². The van der Waals surface area contributed by atoms with Crippen molar-refractivity contribution in [3.63, 3.8) is 0 Å². The number of hydrogen-bond donors (Lipinski definition) is 1. The van der Waals surface area contributed by atoms with E-state index in [2.05, 4.69) is 42.0 Å². The van der Waals surface area contributed by atoms with Crippen molar-refractivity contribution in [2.45, 2.75) is 30.9 Å². The lowest BCUT2D eigenvalue weighted by molar-refractivity contribution is 0.102. The molecular weight excluding hydrogens is 587 g/mol. The van der Waals surface area contributed by atoms with Gasteiger partial charge >= 0.3 is 0 Å². The number of hydrogen-bond acceptors (Lipinski definition) is 11. The minimum Gasteiger partial charge on any atom is -0.351 e. The minimum atomic E-state index is -3.84. The number of aryl methyl sites for hydroxylation is 1. The van der Waals surface area contributed by atoms with Crippen molar-refractivity contribution in [1.29, 1.82) is 0 Å². The molecule has 2 aliphatic rings. The summed E-state index contributed by atoms with van der Waals surface area (Å²) >= 11 is 0. The van der Waals surface area contributed by atoms with Crippen LogP contribution >= 0.6 is 0 Å². The Labute approximate surface area is 254 Å². The van der Waals surface area contributed by atoms with E-state index in [0.717, 1.165) is 11.4 Å². The molecule has 4 aromatic rings. The van der Waals surface area contributed by atoms with E-state index in [0.29, 0.717) is 55.7 Å². The molecule has 2 saturated heterocycles. The van der Waals surface area contributed by atoms with Crippen LogP contribution in [0.1, 0.15) is 22.8 Å². The molecule has 0 bridgehead atoms. The number of halogens is 1. The second-order valence-electron chi connectivity index (χ2n) is 10.8. The van der Waals surface area contributed by atoms with E-state index in [1.54, 1.807) is 42.7 Å². The molecule has 5 heterocycles. The number of piperazine rings is 1. The highest BCUT2D eigenvalue weighted by atomic mass is 32.2. The van der Waals surface area contributed by atoms with Gasteiger partial charge in [-0.25, -0.2) is 24.3 Å². The number of carbonyl (C=O) groups is 1. The van der Waals surface area contributed by atoms with Gasteiger partial charge in [0.2, 0.25) is 5.95 Å². The van der Waals surface area contributed by atoms with Gasteiger partial charge in [0.05, 0.1) is 34.7 Å². The maximum absolute atomic E-state index is 13.3. The summed E-state index contributed by atoms with van der Waals surface area (Å²) in [5.74, 6) is 1.18. The standard InChI is InChI=1S/C30H31FN8O4S/c1-20-3-7-26(8-4-20)44(41,42)43-25-18-38(19-25)27-9-5-22(13-32-27)29(40)36-24-15-34-30(35-16-24)37-11-12-39(21(2)17-37)28-10-6-23(31)14-33-28/h3-10,13-16,21,25H,11-12,17-19H2,1-2H3,(H,36,40)/t21-/m0/s1. The highest BCUT2D eigenvalue weighted by molar-refractivity contribution is 7.86. The van der Waals surface area contributed by atoms with Crippen molar-refractivity contribution in [3.05, 3.63) is 90.3 Å². The summed E-state index contributed by atoms with van der Waals surface area (Å²) in [7, 11) is -3.84. The molecule has 1 amide bonds. The van der Waals surface area contributed by atoms with Gasteiger partial charge in [-0.3, -0.25) is 8.98 Å². The molecule has 14 heteroatoms. The van der Waals surface area contributed by atoms with Crippen molar-refractivity contribution >= 4 is 39.3 Å². The predicted octanol–water partition coefficient (Wildman–Crippen LogP) is 3.28. The lowest BCUT2D eigenvalue weighted by Gasteiger charge is -2.40. The fraction of sp³-hybridized carbons (Fsp3) is 0.300. The van der Waals surface area contributed by atoms with Crippen LogP contribution in [0, 0.1) is 12.7 Å². The summed E-state index contributed by atoms with van der Waals surface area (Å²) in [6.45, 7) is 6.69. The molecule has 0 radical (unpaired) electrons. The molecule has 44 heavy (non-hydrogen) atoms. The average molecular weight is 619 g/mol. The Hall–Kier alpha value is -4.69. The predicted molar refractivity (Wildman–Crippen MR) is 163 cm³/mol. The number of nitrogens with zero attached hydrogens (tertiary/aromatic N) is 7. The van der Waals surface area contributed by atoms with E-state index in [4.69, 9.17) is 4.18 Å². The second-order valence-corrected chi connectivity index (χ2v) is 12.4. The van der Waals surface area contributed by atoms with Gasteiger partial charge in [-0.1, -0.05) is 17.7 Å². The Bertz CT molecular complexity index is 1720. The van der Waals surface area contributed by atoms with Crippen molar-refractivity contribution in [2.75, 3.05) is 52.7 Å². The van der Waals surface area contributed by atoms with Gasteiger partial charge in [-0.15, -0.1) is 0 Å². The Balaban J connectivity index is 0.986. The number of amides is 1. The fourth-order valence-electron chi connectivity index (χ4n) is 5.10. The molecule has 0 aliphatic carbocycles. The highest BCUT2D eigenvalue weighted by Crippen LogP contribution is 2.25. The van der Waals surface area contributed by atoms with E-state index in [1.165, 1.54) is 30.6 Å². The molecule has 3 aromatic heterocycles. The number of nitrogens with one attached hydrogen (secondary N) is 1. The van der Waals surface area contributed by atoms with Crippen molar-refractivity contribution < 1.29 is 21.8 Å². The molecule has 2 aliphatic heterocycles. The van der Waals surface area contributed by atoms with E-state index in [1.807, 2.05) is 11.8 Å². The first kappa shape index (κ1) is 29.4. The third-order valence-corrected chi connectivity index (χ3v) is 8.94. The lowest BCUT2D eigenvalue weighted by Crippen LogP contribution is -2.53. The SMILES string of the molecule is Cc1ccc(S(=O)(=O)OC2CN(c3ccc(C(=O)Nc4cnc(N5CCN(c6ccc(F)cn6)[C@@H](C)C5)nc4)cn3)C2)cc1. The maximum Gasteiger partial charge on any atom is 0.297 e. The highest BCUT2D eigenvalue weighted by Gasteiger charge is 2.33.